The van der Waals surface area contributed by atoms with Crippen molar-refractivity contribution in [2.45, 2.75) is 0 Å². The molecule has 0 aliphatic carbocycles. The van der Waals surface area contributed by atoms with Crippen LogP contribution in [0.15, 0.2) is 233 Å². The van der Waals surface area contributed by atoms with Crippen LogP contribution in [-0.2, 0) is 0 Å². The Morgan fingerprint density at radius 2 is 0.922 bits per heavy atom. The fourth-order valence-corrected chi connectivity index (χ4v) is 10.8. The van der Waals surface area contributed by atoms with Crippen LogP contribution in [0.25, 0.3) is 109 Å². The van der Waals surface area contributed by atoms with Crippen LogP contribution in [0.2, 0.25) is 0 Å². The number of rotatable bonds is 7. The van der Waals surface area contributed by atoms with Gasteiger partial charge in [0.15, 0.2) is 0 Å². The predicted molar refractivity (Wildman–Crippen MR) is 270 cm³/mol. The average molecular weight is 836 g/mol. The van der Waals surface area contributed by atoms with Gasteiger partial charge >= 0.3 is 0 Å². The fraction of sp³-hybridized carbons (Fsp3) is 0. The summed E-state index contributed by atoms with van der Waals surface area (Å²) >= 11 is 1.84. The number of furan rings is 2. The second-order valence-corrected chi connectivity index (χ2v) is 17.4. The summed E-state index contributed by atoms with van der Waals surface area (Å²) in [6, 6.07) is 80.3. The maximum Gasteiger partial charge on any atom is 0.145 e. The summed E-state index contributed by atoms with van der Waals surface area (Å²) in [5, 5.41) is 6.66. The van der Waals surface area contributed by atoms with Gasteiger partial charge in [0.25, 0.3) is 0 Å². The van der Waals surface area contributed by atoms with Crippen LogP contribution < -0.4 is 4.90 Å². The Morgan fingerprint density at radius 3 is 1.66 bits per heavy atom. The van der Waals surface area contributed by atoms with Crippen molar-refractivity contribution in [3.63, 3.8) is 0 Å². The van der Waals surface area contributed by atoms with Crippen molar-refractivity contribution in [2.75, 3.05) is 4.90 Å². The molecule has 0 saturated heterocycles. The lowest BCUT2D eigenvalue weighted by atomic mass is 9.95. The Hall–Kier alpha value is -8.18. The first kappa shape index (κ1) is 36.5. The van der Waals surface area contributed by atoms with E-state index in [1.165, 1.54) is 20.2 Å². The summed E-state index contributed by atoms with van der Waals surface area (Å²) in [5.41, 5.74) is 15.2. The Bertz CT molecular complexity index is 3890. The molecule has 3 aromatic heterocycles. The molecule has 10 aromatic carbocycles. The quantitative estimate of drug-likeness (QED) is 0.160. The SMILES string of the molecule is c1ccc(-c2ccc3c(c2)oc2c(-c4ccccc4)ccc(N(c4ccc5sc6ccccc6c5c4)c4c(-c5ccccc5)ccc5oc6c(-c7ccccc7)cccc6c45)c23)cc1. The van der Waals surface area contributed by atoms with Crippen molar-refractivity contribution >= 4 is 92.4 Å². The lowest BCUT2D eigenvalue weighted by Gasteiger charge is -2.30. The van der Waals surface area contributed by atoms with Crippen molar-refractivity contribution in [1.82, 2.24) is 0 Å². The molecule has 3 heterocycles. The highest BCUT2D eigenvalue weighted by molar-refractivity contribution is 7.25. The molecule has 0 atom stereocenters. The Labute approximate surface area is 373 Å². The largest absolute Gasteiger partial charge is 0.455 e. The molecule has 0 aliphatic heterocycles. The van der Waals surface area contributed by atoms with Gasteiger partial charge in [-0.15, -0.1) is 11.3 Å². The number of anilines is 3. The number of nitrogens with zero attached hydrogens (tertiary/aromatic N) is 1. The van der Waals surface area contributed by atoms with E-state index in [2.05, 4.69) is 229 Å². The molecular weight excluding hydrogens is 799 g/mol. The lowest BCUT2D eigenvalue weighted by Crippen LogP contribution is -2.12. The number of thiophene rings is 1. The molecule has 0 saturated carbocycles. The van der Waals surface area contributed by atoms with Gasteiger partial charge in [0, 0.05) is 53.3 Å². The molecule has 64 heavy (non-hydrogen) atoms. The predicted octanol–water partition coefficient (Wildman–Crippen LogP) is 18.0. The molecule has 0 fully saturated rings. The molecule has 0 amide bonds. The molecule has 0 bridgehead atoms. The maximum atomic E-state index is 7.16. The van der Waals surface area contributed by atoms with Gasteiger partial charge in [-0.2, -0.15) is 0 Å². The minimum atomic E-state index is 0.821. The van der Waals surface area contributed by atoms with Gasteiger partial charge < -0.3 is 13.7 Å². The zero-order chi connectivity index (χ0) is 42.1. The number of hydrogen-bond donors (Lipinski definition) is 0. The molecule has 300 valence electrons. The highest BCUT2D eigenvalue weighted by Gasteiger charge is 2.29. The van der Waals surface area contributed by atoms with E-state index in [1.54, 1.807) is 0 Å². The first-order chi connectivity index (χ1) is 31.7. The van der Waals surface area contributed by atoms with Gasteiger partial charge in [0.05, 0.1) is 22.1 Å². The van der Waals surface area contributed by atoms with E-state index < -0.39 is 0 Å². The number of para-hydroxylation sites is 1. The monoisotopic (exact) mass is 835 g/mol. The molecular formula is C60H37NO2S. The third-order valence-electron chi connectivity index (χ3n) is 12.7. The number of hydrogen-bond acceptors (Lipinski definition) is 4. The van der Waals surface area contributed by atoms with Crippen molar-refractivity contribution in [3.05, 3.63) is 224 Å². The molecule has 0 spiro atoms. The summed E-state index contributed by atoms with van der Waals surface area (Å²) in [4.78, 5) is 2.48. The molecule has 0 unspecified atom stereocenters. The average Bonchev–Trinajstić information content (AvgIpc) is 4.07. The van der Waals surface area contributed by atoms with E-state index in [9.17, 15) is 0 Å². The van der Waals surface area contributed by atoms with Gasteiger partial charge in [-0.25, -0.2) is 0 Å². The van der Waals surface area contributed by atoms with Crippen LogP contribution in [0, 0.1) is 0 Å². The second-order valence-electron chi connectivity index (χ2n) is 16.3. The molecule has 0 aliphatic rings. The van der Waals surface area contributed by atoms with Gasteiger partial charge in [0.1, 0.15) is 22.3 Å². The maximum absolute atomic E-state index is 7.16. The van der Waals surface area contributed by atoms with Crippen molar-refractivity contribution < 1.29 is 8.83 Å². The zero-order valence-corrected chi connectivity index (χ0v) is 35.4. The van der Waals surface area contributed by atoms with E-state index >= 15 is 0 Å². The summed E-state index contributed by atoms with van der Waals surface area (Å²) in [7, 11) is 0. The van der Waals surface area contributed by atoms with E-state index in [-0.39, 0.29) is 0 Å². The van der Waals surface area contributed by atoms with Crippen LogP contribution in [0.3, 0.4) is 0 Å². The lowest BCUT2D eigenvalue weighted by molar-refractivity contribution is 0.670. The number of fused-ring (bicyclic) bond motifs is 9. The highest BCUT2D eigenvalue weighted by atomic mass is 32.1. The topological polar surface area (TPSA) is 29.5 Å². The molecule has 0 radical (unpaired) electrons. The molecule has 4 heteroatoms. The Morgan fingerprint density at radius 1 is 0.328 bits per heavy atom. The van der Waals surface area contributed by atoms with Crippen LogP contribution in [0.1, 0.15) is 0 Å². The Balaban J connectivity index is 1.19. The zero-order valence-electron chi connectivity index (χ0n) is 34.5. The van der Waals surface area contributed by atoms with Crippen molar-refractivity contribution in [2.24, 2.45) is 0 Å². The molecule has 13 aromatic rings. The molecule has 0 N–H and O–H groups in total. The van der Waals surface area contributed by atoms with Gasteiger partial charge in [0.2, 0.25) is 0 Å². The van der Waals surface area contributed by atoms with Crippen LogP contribution in [0.5, 0.6) is 0 Å². The normalized spacial score (nSPS) is 11.8. The third kappa shape index (κ3) is 5.81. The summed E-state index contributed by atoms with van der Waals surface area (Å²) < 4.78 is 16.7. The second kappa shape index (κ2) is 14.7. The van der Waals surface area contributed by atoms with Crippen LogP contribution in [-0.4, -0.2) is 0 Å². The fourth-order valence-electron chi connectivity index (χ4n) is 9.74. The summed E-state index contributed by atoms with van der Waals surface area (Å²) in [5.74, 6) is 0. The first-order valence-electron chi connectivity index (χ1n) is 21.7. The van der Waals surface area contributed by atoms with Crippen LogP contribution in [0.4, 0.5) is 17.1 Å². The first-order valence-corrected chi connectivity index (χ1v) is 22.5. The van der Waals surface area contributed by atoms with Crippen LogP contribution >= 0.6 is 11.3 Å². The summed E-state index contributed by atoms with van der Waals surface area (Å²) in [6.07, 6.45) is 0. The van der Waals surface area contributed by atoms with Crippen molar-refractivity contribution in [1.29, 1.82) is 0 Å². The summed E-state index contributed by atoms with van der Waals surface area (Å²) in [6.45, 7) is 0. The van der Waals surface area contributed by atoms with E-state index in [1.807, 2.05) is 11.3 Å². The van der Waals surface area contributed by atoms with Gasteiger partial charge in [-0.1, -0.05) is 164 Å². The Kier molecular flexibility index (Phi) is 8.40. The third-order valence-corrected chi connectivity index (χ3v) is 13.8. The van der Waals surface area contributed by atoms with Crippen molar-refractivity contribution in [3.8, 4) is 44.5 Å². The standard InChI is InChI=1S/C60H37NO2S/c1-5-16-38(17-6-1)42-28-30-48-53(36-42)63-60-46(41-22-11-4-12-23-41)31-33-51(56(48)60)61(43-29-35-55-50(37-43)47-24-13-14-27-54(47)64-55)58-44(39-18-7-2-8-19-39)32-34-52-57(58)49-26-15-25-45(59(49)62-52)40-20-9-3-10-21-40/h1-37H. The minimum absolute atomic E-state index is 0.821. The van der Waals surface area contributed by atoms with Gasteiger partial charge in [-0.3, -0.25) is 0 Å². The van der Waals surface area contributed by atoms with E-state index in [0.717, 1.165) is 105 Å². The smallest absolute Gasteiger partial charge is 0.145 e. The molecule has 13 rings (SSSR count). The van der Waals surface area contributed by atoms with E-state index in [0.29, 0.717) is 0 Å². The molecule has 3 nitrogen and oxygen atoms in total. The highest BCUT2D eigenvalue weighted by Crippen LogP contribution is 2.53. The van der Waals surface area contributed by atoms with E-state index in [4.69, 9.17) is 8.83 Å². The minimum Gasteiger partial charge on any atom is -0.455 e. The number of benzene rings is 10. The van der Waals surface area contributed by atoms with Gasteiger partial charge in [-0.05, 0) is 88.5 Å².